The van der Waals surface area contributed by atoms with E-state index in [2.05, 4.69) is 38.3 Å². The Morgan fingerprint density at radius 1 is 1.40 bits per heavy atom. The van der Waals surface area contributed by atoms with Crippen LogP contribution in [0.4, 0.5) is 0 Å². The van der Waals surface area contributed by atoms with Gasteiger partial charge in [-0.05, 0) is 56.3 Å². The summed E-state index contributed by atoms with van der Waals surface area (Å²) in [5.41, 5.74) is 0.432. The third-order valence-electron chi connectivity index (χ3n) is 3.82. The minimum absolute atomic E-state index is 0.432. The molecule has 0 aliphatic carbocycles. The molecule has 1 aliphatic rings. The monoisotopic (exact) mass is 212 g/mol. The van der Waals surface area contributed by atoms with Crippen molar-refractivity contribution in [1.29, 1.82) is 0 Å². The fraction of sp³-hybridized carbons (Fsp3) is 1.00. The molecule has 15 heavy (non-hydrogen) atoms. The van der Waals surface area contributed by atoms with Crippen molar-refractivity contribution in [3.05, 3.63) is 0 Å². The summed E-state index contributed by atoms with van der Waals surface area (Å²) in [4.78, 5) is 0. The van der Waals surface area contributed by atoms with E-state index in [0.717, 1.165) is 18.4 Å². The van der Waals surface area contributed by atoms with Crippen LogP contribution in [0, 0.1) is 17.3 Å². The topological polar surface area (TPSA) is 24.1 Å². The Morgan fingerprint density at radius 2 is 2.13 bits per heavy atom. The highest BCUT2D eigenvalue weighted by Crippen LogP contribution is 2.24. The number of hydrogen-bond donors (Lipinski definition) is 2. The van der Waals surface area contributed by atoms with Gasteiger partial charge in [0, 0.05) is 0 Å². The molecule has 0 aromatic rings. The zero-order chi connectivity index (χ0) is 11.3. The average molecular weight is 212 g/mol. The fourth-order valence-electron chi connectivity index (χ4n) is 1.89. The molecule has 1 heterocycles. The number of hydrogen-bond acceptors (Lipinski definition) is 2. The summed E-state index contributed by atoms with van der Waals surface area (Å²) in [7, 11) is 0. The normalized spacial score (nSPS) is 24.4. The smallest absolute Gasteiger partial charge is 0.00182 e. The highest BCUT2D eigenvalue weighted by molar-refractivity contribution is 4.74. The molecule has 2 atom stereocenters. The van der Waals surface area contributed by atoms with Crippen LogP contribution in [-0.4, -0.2) is 26.2 Å². The molecule has 1 aliphatic heterocycles. The summed E-state index contributed by atoms with van der Waals surface area (Å²) in [5, 5.41) is 7.01. The molecular weight excluding hydrogens is 184 g/mol. The van der Waals surface area contributed by atoms with Crippen LogP contribution in [0.5, 0.6) is 0 Å². The Morgan fingerprint density at radius 3 is 2.67 bits per heavy atom. The predicted molar refractivity (Wildman–Crippen MR) is 67.1 cm³/mol. The van der Waals surface area contributed by atoms with E-state index < -0.39 is 0 Å². The minimum atomic E-state index is 0.432. The summed E-state index contributed by atoms with van der Waals surface area (Å²) in [6.07, 6.45) is 2.71. The first-order valence-electron chi connectivity index (χ1n) is 6.41. The molecule has 0 radical (unpaired) electrons. The molecule has 2 nitrogen and oxygen atoms in total. The van der Waals surface area contributed by atoms with E-state index in [-0.39, 0.29) is 0 Å². The van der Waals surface area contributed by atoms with Gasteiger partial charge in [-0.1, -0.05) is 27.7 Å². The van der Waals surface area contributed by atoms with Crippen molar-refractivity contribution < 1.29 is 0 Å². The summed E-state index contributed by atoms with van der Waals surface area (Å²) in [6, 6.07) is 0. The molecule has 0 spiro atoms. The first-order chi connectivity index (χ1) is 7.00. The molecule has 0 amide bonds. The van der Waals surface area contributed by atoms with E-state index in [1.54, 1.807) is 0 Å². The standard InChI is InChI=1S/C13H28N2/c1-11(13(2,3)4)9-14-7-5-12-6-8-15-10-12/h11-12,14-15H,5-10H2,1-4H3. The zero-order valence-electron chi connectivity index (χ0n) is 10.9. The maximum Gasteiger partial charge on any atom is -0.00182 e. The molecule has 1 fully saturated rings. The Balaban J connectivity index is 2.01. The zero-order valence-corrected chi connectivity index (χ0v) is 10.9. The van der Waals surface area contributed by atoms with E-state index in [4.69, 9.17) is 0 Å². The molecule has 2 heteroatoms. The Labute approximate surface area is 95.2 Å². The maximum atomic E-state index is 3.59. The van der Waals surface area contributed by atoms with E-state index in [0.29, 0.717) is 5.41 Å². The summed E-state index contributed by atoms with van der Waals surface area (Å²) in [5.74, 6) is 1.67. The lowest BCUT2D eigenvalue weighted by Gasteiger charge is -2.27. The Bertz CT molecular complexity index is 166. The quantitative estimate of drug-likeness (QED) is 0.683. The van der Waals surface area contributed by atoms with E-state index in [1.807, 2.05) is 0 Å². The van der Waals surface area contributed by atoms with Crippen molar-refractivity contribution in [2.24, 2.45) is 17.3 Å². The van der Waals surface area contributed by atoms with Crippen molar-refractivity contribution in [3.8, 4) is 0 Å². The molecule has 2 unspecified atom stereocenters. The van der Waals surface area contributed by atoms with Crippen molar-refractivity contribution in [2.75, 3.05) is 26.2 Å². The molecule has 0 aromatic carbocycles. The Kier molecular flexibility index (Phi) is 5.07. The fourth-order valence-corrected chi connectivity index (χ4v) is 1.89. The van der Waals surface area contributed by atoms with Crippen LogP contribution in [0.1, 0.15) is 40.5 Å². The lowest BCUT2D eigenvalue weighted by molar-refractivity contribution is 0.251. The molecule has 0 saturated carbocycles. The largest absolute Gasteiger partial charge is 0.316 e. The van der Waals surface area contributed by atoms with E-state index >= 15 is 0 Å². The SMILES string of the molecule is CC(CNCCC1CCNC1)C(C)(C)C. The third kappa shape index (κ3) is 4.98. The maximum absolute atomic E-state index is 3.59. The van der Waals surface area contributed by atoms with Gasteiger partial charge in [-0.15, -0.1) is 0 Å². The van der Waals surface area contributed by atoms with Crippen LogP contribution in [0.3, 0.4) is 0 Å². The molecule has 1 saturated heterocycles. The van der Waals surface area contributed by atoms with Crippen LogP contribution in [0.25, 0.3) is 0 Å². The average Bonchev–Trinajstić information content (AvgIpc) is 2.63. The van der Waals surface area contributed by atoms with Crippen LogP contribution < -0.4 is 10.6 Å². The van der Waals surface area contributed by atoms with Crippen LogP contribution in [0.2, 0.25) is 0 Å². The first kappa shape index (κ1) is 13.0. The highest BCUT2D eigenvalue weighted by Gasteiger charge is 2.19. The van der Waals surface area contributed by atoms with Gasteiger partial charge in [-0.2, -0.15) is 0 Å². The minimum Gasteiger partial charge on any atom is -0.316 e. The number of rotatable bonds is 5. The molecule has 90 valence electrons. The predicted octanol–water partition coefficient (Wildman–Crippen LogP) is 2.26. The first-order valence-corrected chi connectivity index (χ1v) is 6.41. The van der Waals surface area contributed by atoms with Gasteiger partial charge in [0.05, 0.1) is 0 Å². The van der Waals surface area contributed by atoms with Gasteiger partial charge in [0.15, 0.2) is 0 Å². The third-order valence-corrected chi connectivity index (χ3v) is 3.82. The second kappa shape index (κ2) is 5.86. The molecule has 2 N–H and O–H groups in total. The van der Waals surface area contributed by atoms with Gasteiger partial charge in [-0.25, -0.2) is 0 Å². The molecular formula is C13H28N2. The second-order valence-electron chi connectivity index (χ2n) is 6.12. The van der Waals surface area contributed by atoms with E-state index in [9.17, 15) is 0 Å². The molecule has 0 aromatic heterocycles. The second-order valence-corrected chi connectivity index (χ2v) is 6.12. The van der Waals surface area contributed by atoms with Crippen molar-refractivity contribution in [1.82, 2.24) is 10.6 Å². The molecule has 1 rings (SSSR count). The van der Waals surface area contributed by atoms with Crippen LogP contribution >= 0.6 is 0 Å². The lowest BCUT2D eigenvalue weighted by Crippen LogP contribution is -2.31. The lowest BCUT2D eigenvalue weighted by atomic mass is 9.82. The van der Waals surface area contributed by atoms with Gasteiger partial charge >= 0.3 is 0 Å². The van der Waals surface area contributed by atoms with Gasteiger partial charge < -0.3 is 10.6 Å². The van der Waals surface area contributed by atoms with Crippen molar-refractivity contribution in [3.63, 3.8) is 0 Å². The highest BCUT2D eigenvalue weighted by atomic mass is 14.9. The number of nitrogens with one attached hydrogen (secondary N) is 2. The summed E-state index contributed by atoms with van der Waals surface area (Å²) in [6.45, 7) is 14.1. The van der Waals surface area contributed by atoms with Gasteiger partial charge in [0.1, 0.15) is 0 Å². The van der Waals surface area contributed by atoms with Gasteiger partial charge in [-0.3, -0.25) is 0 Å². The summed E-state index contributed by atoms with van der Waals surface area (Å²) >= 11 is 0. The summed E-state index contributed by atoms with van der Waals surface area (Å²) < 4.78 is 0. The van der Waals surface area contributed by atoms with Crippen LogP contribution in [0.15, 0.2) is 0 Å². The van der Waals surface area contributed by atoms with Gasteiger partial charge in [0.25, 0.3) is 0 Å². The van der Waals surface area contributed by atoms with Gasteiger partial charge in [0.2, 0.25) is 0 Å². The Hall–Kier alpha value is -0.0800. The molecule has 0 bridgehead atoms. The van der Waals surface area contributed by atoms with E-state index in [1.165, 1.54) is 32.5 Å². The van der Waals surface area contributed by atoms with Crippen molar-refractivity contribution in [2.45, 2.75) is 40.5 Å². The van der Waals surface area contributed by atoms with Crippen LogP contribution in [-0.2, 0) is 0 Å². The van der Waals surface area contributed by atoms with Crippen molar-refractivity contribution >= 4 is 0 Å².